The van der Waals surface area contributed by atoms with Gasteiger partial charge >= 0.3 is 5.97 Å². The minimum atomic E-state index is -0.802. The molecule has 128 valence electrons. The van der Waals surface area contributed by atoms with Crippen molar-refractivity contribution < 1.29 is 29.7 Å². The summed E-state index contributed by atoms with van der Waals surface area (Å²) in [6, 6.07) is 2.45. The van der Waals surface area contributed by atoms with E-state index in [2.05, 4.69) is 0 Å². The molecule has 2 aliphatic rings. The van der Waals surface area contributed by atoms with E-state index >= 15 is 0 Å². The van der Waals surface area contributed by atoms with Gasteiger partial charge in [-0.15, -0.1) is 0 Å². The van der Waals surface area contributed by atoms with Crippen molar-refractivity contribution in [2.24, 2.45) is 11.8 Å². The fourth-order valence-corrected chi connectivity index (χ4v) is 3.34. The minimum absolute atomic E-state index is 0.0631. The van der Waals surface area contributed by atoms with Crippen molar-refractivity contribution in [3.05, 3.63) is 18.2 Å². The molecule has 0 saturated heterocycles. The lowest BCUT2D eigenvalue weighted by Crippen LogP contribution is -2.37. The second-order valence-corrected chi connectivity index (χ2v) is 6.22. The topological polar surface area (TPSA) is 120 Å². The van der Waals surface area contributed by atoms with Crippen LogP contribution in [0.2, 0.25) is 0 Å². The third-order valence-electron chi connectivity index (χ3n) is 4.71. The van der Waals surface area contributed by atoms with E-state index in [0.29, 0.717) is 25.7 Å². The van der Waals surface area contributed by atoms with E-state index in [1.807, 2.05) is 0 Å². The molecule has 8 nitrogen and oxygen atoms in total. The number of hydrogen-bond donors (Lipinski definition) is 3. The summed E-state index contributed by atoms with van der Waals surface area (Å²) in [6.45, 7) is 0.215. The van der Waals surface area contributed by atoms with Gasteiger partial charge in [0, 0.05) is 24.8 Å². The van der Waals surface area contributed by atoms with Crippen LogP contribution in [0.5, 0.6) is 11.8 Å². The van der Waals surface area contributed by atoms with Gasteiger partial charge in [-0.2, -0.15) is 0 Å². The average molecular weight is 334 g/mol. The fraction of sp³-hybridized carbons (Fsp3) is 0.438. The van der Waals surface area contributed by atoms with Crippen LogP contribution in [0.3, 0.4) is 0 Å². The van der Waals surface area contributed by atoms with Gasteiger partial charge in [0.15, 0.2) is 11.8 Å². The summed E-state index contributed by atoms with van der Waals surface area (Å²) < 4.78 is 0.918. The summed E-state index contributed by atoms with van der Waals surface area (Å²) in [6.07, 6.45) is 3.45. The van der Waals surface area contributed by atoms with Crippen LogP contribution in [0.15, 0.2) is 18.2 Å². The third-order valence-corrected chi connectivity index (χ3v) is 4.71. The predicted octanol–water partition coefficient (Wildman–Crippen LogP) is 1.000. The number of aromatic hydroxyl groups is 2. The lowest BCUT2D eigenvalue weighted by molar-refractivity contribution is -0.144. The summed E-state index contributed by atoms with van der Waals surface area (Å²) >= 11 is 0. The second-order valence-electron chi connectivity index (χ2n) is 6.22. The van der Waals surface area contributed by atoms with E-state index in [-0.39, 0.29) is 35.8 Å². The van der Waals surface area contributed by atoms with Crippen molar-refractivity contribution in [1.82, 2.24) is 9.47 Å². The summed E-state index contributed by atoms with van der Waals surface area (Å²) in [7, 11) is 0. The van der Waals surface area contributed by atoms with Gasteiger partial charge in [0.2, 0.25) is 0 Å². The molecule has 8 heteroatoms. The molecule has 0 radical (unpaired) electrons. The number of hydrogen-bond acceptors (Lipinski definition) is 5. The molecule has 2 amide bonds. The maximum atomic E-state index is 12.5. The Balaban J connectivity index is 1.68. The van der Waals surface area contributed by atoms with Gasteiger partial charge in [0.25, 0.3) is 11.8 Å². The Hall–Kier alpha value is -2.77. The Morgan fingerprint density at radius 3 is 2.21 bits per heavy atom. The Labute approximate surface area is 137 Å². The molecule has 0 bridgehead atoms. The summed E-state index contributed by atoms with van der Waals surface area (Å²) in [5.41, 5.74) is -0.0979. The molecule has 0 unspecified atom stereocenters. The smallest absolute Gasteiger partial charge is 0.306 e. The van der Waals surface area contributed by atoms with Gasteiger partial charge in [-0.25, -0.2) is 4.57 Å². The zero-order chi connectivity index (χ0) is 17.4. The van der Waals surface area contributed by atoms with Crippen LogP contribution in [-0.4, -0.2) is 49.1 Å². The van der Waals surface area contributed by atoms with Crippen molar-refractivity contribution in [3.63, 3.8) is 0 Å². The highest BCUT2D eigenvalue weighted by Crippen LogP contribution is 2.33. The molecule has 1 saturated carbocycles. The number of rotatable bonds is 4. The first-order valence-electron chi connectivity index (χ1n) is 7.79. The number of imide groups is 1. The lowest BCUT2D eigenvalue weighted by Gasteiger charge is -2.28. The van der Waals surface area contributed by atoms with Crippen LogP contribution in [0.1, 0.15) is 25.7 Å². The van der Waals surface area contributed by atoms with E-state index in [1.54, 1.807) is 0 Å². The molecule has 3 N–H and O–H groups in total. The fourth-order valence-electron chi connectivity index (χ4n) is 3.34. The number of aliphatic carboxylic acids is 1. The van der Waals surface area contributed by atoms with E-state index in [4.69, 9.17) is 5.11 Å². The highest BCUT2D eigenvalue weighted by molar-refractivity contribution is 6.29. The molecule has 1 aromatic heterocycles. The van der Waals surface area contributed by atoms with Crippen LogP contribution >= 0.6 is 0 Å². The molecule has 1 aliphatic heterocycles. The van der Waals surface area contributed by atoms with E-state index in [9.17, 15) is 24.6 Å². The van der Waals surface area contributed by atoms with Crippen LogP contribution in [0.4, 0.5) is 0 Å². The molecule has 1 fully saturated rings. The molecule has 0 aromatic carbocycles. The summed E-state index contributed by atoms with van der Waals surface area (Å²) in [5, 5.41) is 28.4. The molecule has 0 atom stereocenters. The molecule has 24 heavy (non-hydrogen) atoms. The zero-order valence-corrected chi connectivity index (χ0v) is 12.9. The normalized spacial score (nSPS) is 24.3. The van der Waals surface area contributed by atoms with Crippen molar-refractivity contribution in [3.8, 4) is 11.8 Å². The lowest BCUT2D eigenvalue weighted by atomic mass is 9.82. The quantitative estimate of drug-likeness (QED) is 0.707. The largest absolute Gasteiger partial charge is 0.494 e. The molecule has 0 spiro atoms. The SMILES string of the molecule is O=C(O)C1CCC(CN2C(=O)C=C(n3c(O)ccc3O)C2=O)CC1. The molecule has 1 aliphatic carbocycles. The number of carbonyl (C=O) groups excluding carboxylic acids is 2. The van der Waals surface area contributed by atoms with Crippen LogP contribution in [0.25, 0.3) is 5.70 Å². The average Bonchev–Trinajstić information content (AvgIpc) is 3.01. The van der Waals surface area contributed by atoms with Crippen molar-refractivity contribution >= 4 is 23.5 Å². The Morgan fingerprint density at radius 2 is 1.67 bits per heavy atom. The van der Waals surface area contributed by atoms with Crippen molar-refractivity contribution in [2.75, 3.05) is 6.54 Å². The first-order valence-corrected chi connectivity index (χ1v) is 7.79. The van der Waals surface area contributed by atoms with Gasteiger partial charge in [0.05, 0.1) is 5.92 Å². The van der Waals surface area contributed by atoms with Gasteiger partial charge in [-0.1, -0.05) is 0 Å². The highest BCUT2D eigenvalue weighted by atomic mass is 16.4. The van der Waals surface area contributed by atoms with Gasteiger partial charge in [0.1, 0.15) is 5.70 Å². The molecular weight excluding hydrogens is 316 g/mol. The number of carboxylic acid groups (broad SMARTS) is 1. The monoisotopic (exact) mass is 334 g/mol. The van der Waals surface area contributed by atoms with E-state index in [0.717, 1.165) is 15.5 Å². The Morgan fingerprint density at radius 1 is 1.08 bits per heavy atom. The highest BCUT2D eigenvalue weighted by Gasteiger charge is 2.36. The number of carbonyl (C=O) groups is 3. The van der Waals surface area contributed by atoms with Crippen LogP contribution < -0.4 is 0 Å². The third kappa shape index (κ3) is 2.75. The number of aromatic nitrogens is 1. The maximum absolute atomic E-state index is 12.5. The van der Waals surface area contributed by atoms with Crippen LogP contribution in [0, 0.1) is 11.8 Å². The minimum Gasteiger partial charge on any atom is -0.494 e. The number of carboxylic acids is 1. The van der Waals surface area contributed by atoms with E-state index in [1.165, 1.54) is 12.1 Å². The first kappa shape index (κ1) is 16.1. The summed E-state index contributed by atoms with van der Waals surface area (Å²) in [5.74, 6) is -2.83. The van der Waals surface area contributed by atoms with Crippen molar-refractivity contribution in [1.29, 1.82) is 0 Å². The first-order chi connectivity index (χ1) is 11.4. The Kier molecular flexibility index (Phi) is 4.04. The molecular formula is C16H18N2O6. The number of amides is 2. The van der Waals surface area contributed by atoms with Gasteiger partial charge in [-0.3, -0.25) is 19.3 Å². The zero-order valence-electron chi connectivity index (χ0n) is 12.9. The van der Waals surface area contributed by atoms with E-state index < -0.39 is 17.8 Å². The predicted molar refractivity (Wildman–Crippen MR) is 81.8 cm³/mol. The van der Waals surface area contributed by atoms with Gasteiger partial charge in [-0.05, 0) is 31.6 Å². The van der Waals surface area contributed by atoms with Crippen LogP contribution in [-0.2, 0) is 14.4 Å². The molecule has 2 heterocycles. The second kappa shape index (κ2) is 6.03. The van der Waals surface area contributed by atoms with Crippen molar-refractivity contribution in [2.45, 2.75) is 25.7 Å². The number of nitrogens with zero attached hydrogens (tertiary/aromatic N) is 2. The molecule has 1 aromatic rings. The molecule has 3 rings (SSSR count). The maximum Gasteiger partial charge on any atom is 0.306 e. The summed E-state index contributed by atoms with van der Waals surface area (Å²) in [4.78, 5) is 36.6. The standard InChI is InChI=1S/C16H18N2O6/c19-12-5-6-13(20)18(12)11-7-14(21)17(15(11)22)8-9-1-3-10(4-2-9)16(23)24/h5-7,9-10,19-20H,1-4,8H2,(H,23,24). The Bertz CT molecular complexity index is 707. The van der Waals surface area contributed by atoms with Gasteiger partial charge < -0.3 is 15.3 Å².